The summed E-state index contributed by atoms with van der Waals surface area (Å²) in [6, 6.07) is 0. The number of ketones is 1. The second-order valence-corrected chi connectivity index (χ2v) is 4.68. The van der Waals surface area contributed by atoms with Gasteiger partial charge in [-0.15, -0.1) is 11.3 Å². The van der Waals surface area contributed by atoms with Gasteiger partial charge < -0.3 is 16.4 Å². The third kappa shape index (κ3) is 2.41. The van der Waals surface area contributed by atoms with E-state index in [1.807, 2.05) is 18.9 Å². The van der Waals surface area contributed by atoms with Crippen LogP contribution in [0.1, 0.15) is 40.3 Å². The molecular weight excluding hydrogens is 238 g/mol. The molecule has 0 atom stereocenters. The van der Waals surface area contributed by atoms with Crippen molar-refractivity contribution in [3.63, 3.8) is 0 Å². The van der Waals surface area contributed by atoms with E-state index in [0.29, 0.717) is 22.8 Å². The fourth-order valence-corrected chi connectivity index (χ4v) is 2.71. The molecule has 0 spiro atoms. The molecule has 94 valence electrons. The van der Waals surface area contributed by atoms with E-state index in [2.05, 4.69) is 0 Å². The van der Waals surface area contributed by atoms with Gasteiger partial charge in [0, 0.05) is 20.0 Å². The van der Waals surface area contributed by atoms with Gasteiger partial charge in [-0.2, -0.15) is 0 Å². The quantitative estimate of drug-likeness (QED) is 0.780. The van der Waals surface area contributed by atoms with Crippen LogP contribution in [0.4, 0.5) is 10.7 Å². The van der Waals surface area contributed by atoms with Crippen molar-refractivity contribution in [2.24, 2.45) is 5.73 Å². The summed E-state index contributed by atoms with van der Waals surface area (Å²) < 4.78 is 0. The van der Waals surface area contributed by atoms with Gasteiger partial charge in [-0.1, -0.05) is 6.92 Å². The SMILES string of the molecule is CCC(=O)c1sc(N(C)CC)c(C(N)=O)c1N. The molecule has 0 aliphatic heterocycles. The number of nitrogen functional groups attached to an aromatic ring is 1. The highest BCUT2D eigenvalue weighted by Crippen LogP contribution is 2.38. The minimum atomic E-state index is -0.593. The number of primary amides is 1. The third-order valence-corrected chi connectivity index (χ3v) is 3.93. The van der Waals surface area contributed by atoms with Crippen molar-refractivity contribution < 1.29 is 9.59 Å². The minimum absolute atomic E-state index is 0.0641. The van der Waals surface area contributed by atoms with E-state index in [0.717, 1.165) is 0 Å². The second kappa shape index (κ2) is 5.18. The number of nitrogens with two attached hydrogens (primary N) is 2. The van der Waals surface area contributed by atoms with E-state index in [9.17, 15) is 9.59 Å². The van der Waals surface area contributed by atoms with E-state index in [1.165, 1.54) is 11.3 Å². The Bertz CT molecular complexity index is 454. The van der Waals surface area contributed by atoms with Gasteiger partial charge in [0.05, 0.1) is 16.1 Å². The Balaban J connectivity index is 3.40. The van der Waals surface area contributed by atoms with E-state index < -0.39 is 5.91 Å². The number of hydrogen-bond donors (Lipinski definition) is 2. The Labute approximate surface area is 104 Å². The van der Waals surface area contributed by atoms with Gasteiger partial charge in [-0.3, -0.25) is 9.59 Å². The Hall–Kier alpha value is -1.56. The maximum atomic E-state index is 11.7. The van der Waals surface area contributed by atoms with Crippen molar-refractivity contribution in [2.45, 2.75) is 20.3 Å². The van der Waals surface area contributed by atoms with Crippen LogP contribution in [0.3, 0.4) is 0 Å². The summed E-state index contributed by atoms with van der Waals surface area (Å²) >= 11 is 1.23. The topological polar surface area (TPSA) is 89.4 Å². The molecule has 1 aromatic rings. The summed E-state index contributed by atoms with van der Waals surface area (Å²) in [5.74, 6) is -0.657. The Morgan fingerprint density at radius 3 is 2.35 bits per heavy atom. The molecule has 0 radical (unpaired) electrons. The lowest BCUT2D eigenvalue weighted by atomic mass is 10.1. The zero-order valence-corrected chi connectivity index (χ0v) is 11.1. The first kappa shape index (κ1) is 13.5. The number of thiophene rings is 1. The summed E-state index contributed by atoms with van der Waals surface area (Å²) in [4.78, 5) is 25.4. The Morgan fingerprint density at radius 1 is 1.35 bits per heavy atom. The van der Waals surface area contributed by atoms with Crippen LogP contribution < -0.4 is 16.4 Å². The summed E-state index contributed by atoms with van der Waals surface area (Å²) in [7, 11) is 1.83. The van der Waals surface area contributed by atoms with Gasteiger partial charge in [0.15, 0.2) is 5.78 Å². The van der Waals surface area contributed by atoms with Gasteiger partial charge in [0.1, 0.15) is 5.00 Å². The molecule has 0 aliphatic carbocycles. The Kier molecular flexibility index (Phi) is 4.11. The maximum absolute atomic E-state index is 11.7. The molecule has 0 saturated heterocycles. The first-order valence-corrected chi connectivity index (χ1v) is 6.22. The van der Waals surface area contributed by atoms with Crippen molar-refractivity contribution in [3.05, 3.63) is 10.4 Å². The summed E-state index contributed by atoms with van der Waals surface area (Å²) in [6.07, 6.45) is 0.359. The predicted molar refractivity (Wildman–Crippen MR) is 70.8 cm³/mol. The minimum Gasteiger partial charge on any atom is -0.397 e. The van der Waals surface area contributed by atoms with Crippen molar-refractivity contribution >= 4 is 33.7 Å². The van der Waals surface area contributed by atoms with E-state index >= 15 is 0 Å². The first-order valence-electron chi connectivity index (χ1n) is 5.40. The highest BCUT2D eigenvalue weighted by atomic mass is 32.1. The number of carbonyl (C=O) groups is 2. The molecule has 4 N–H and O–H groups in total. The summed E-state index contributed by atoms with van der Waals surface area (Å²) in [6.45, 7) is 4.41. The first-order chi connectivity index (χ1) is 7.93. The molecule has 0 unspecified atom stereocenters. The van der Waals surface area contributed by atoms with Crippen molar-refractivity contribution in [3.8, 4) is 0 Å². The summed E-state index contributed by atoms with van der Waals surface area (Å²) in [5, 5.41) is 0.661. The lowest BCUT2D eigenvalue weighted by molar-refractivity contribution is 0.0991. The molecule has 6 heteroatoms. The largest absolute Gasteiger partial charge is 0.397 e. The fourth-order valence-electron chi connectivity index (χ4n) is 1.45. The van der Waals surface area contributed by atoms with Gasteiger partial charge in [0.25, 0.3) is 5.91 Å². The van der Waals surface area contributed by atoms with Crippen LogP contribution in [-0.2, 0) is 0 Å². The number of nitrogens with zero attached hydrogens (tertiary/aromatic N) is 1. The standard InChI is InChI=1S/C11H17N3O2S/c1-4-6(15)9-8(12)7(10(13)16)11(17-9)14(3)5-2/h4-5,12H2,1-3H3,(H2,13,16). The maximum Gasteiger partial charge on any atom is 0.253 e. The summed E-state index contributed by atoms with van der Waals surface area (Å²) in [5.41, 5.74) is 11.6. The number of carbonyl (C=O) groups excluding carboxylic acids is 2. The normalized spacial score (nSPS) is 10.3. The smallest absolute Gasteiger partial charge is 0.253 e. The van der Waals surface area contributed by atoms with Crippen LogP contribution in [0.2, 0.25) is 0 Å². The zero-order chi connectivity index (χ0) is 13.2. The van der Waals surface area contributed by atoms with Crippen molar-refractivity contribution in [1.29, 1.82) is 0 Å². The van der Waals surface area contributed by atoms with Gasteiger partial charge in [0.2, 0.25) is 0 Å². The fraction of sp³-hybridized carbons (Fsp3) is 0.455. The average molecular weight is 255 g/mol. The molecule has 0 bridgehead atoms. The molecule has 1 aromatic heterocycles. The number of anilines is 2. The lowest BCUT2D eigenvalue weighted by Gasteiger charge is -2.15. The van der Waals surface area contributed by atoms with Gasteiger partial charge >= 0.3 is 0 Å². The Morgan fingerprint density at radius 2 is 1.94 bits per heavy atom. The molecule has 0 saturated carbocycles. The van der Waals surface area contributed by atoms with Crippen LogP contribution in [0, 0.1) is 0 Å². The van der Waals surface area contributed by atoms with Crippen LogP contribution >= 0.6 is 11.3 Å². The van der Waals surface area contributed by atoms with Gasteiger partial charge in [-0.25, -0.2) is 0 Å². The molecular formula is C11H17N3O2S. The highest BCUT2D eigenvalue weighted by molar-refractivity contribution is 7.19. The van der Waals surface area contributed by atoms with Crippen LogP contribution in [-0.4, -0.2) is 25.3 Å². The third-order valence-electron chi connectivity index (χ3n) is 2.57. The molecule has 17 heavy (non-hydrogen) atoms. The van der Waals surface area contributed by atoms with Crippen molar-refractivity contribution in [2.75, 3.05) is 24.2 Å². The average Bonchev–Trinajstić information content (AvgIpc) is 2.65. The lowest BCUT2D eigenvalue weighted by Crippen LogP contribution is -2.20. The number of rotatable bonds is 5. The van der Waals surface area contributed by atoms with Crippen molar-refractivity contribution in [1.82, 2.24) is 0 Å². The molecule has 0 aromatic carbocycles. The molecule has 5 nitrogen and oxygen atoms in total. The molecule has 0 fully saturated rings. The van der Waals surface area contributed by atoms with Crippen LogP contribution in [0.15, 0.2) is 0 Å². The second-order valence-electron chi connectivity index (χ2n) is 3.68. The van der Waals surface area contributed by atoms with Crippen LogP contribution in [0.25, 0.3) is 0 Å². The van der Waals surface area contributed by atoms with E-state index in [1.54, 1.807) is 6.92 Å². The molecule has 0 aliphatic rings. The molecule has 1 amide bonds. The number of amides is 1. The van der Waals surface area contributed by atoms with Gasteiger partial charge in [-0.05, 0) is 6.92 Å². The number of hydrogen-bond acceptors (Lipinski definition) is 5. The molecule has 1 heterocycles. The van der Waals surface area contributed by atoms with Crippen LogP contribution in [0.5, 0.6) is 0 Å². The zero-order valence-electron chi connectivity index (χ0n) is 10.2. The molecule has 1 rings (SSSR count). The predicted octanol–water partition coefficient (Wildman–Crippen LogP) is 1.48. The number of Topliss-reactive ketones (excluding diaryl/α,β-unsaturated/α-hetero) is 1. The highest BCUT2D eigenvalue weighted by Gasteiger charge is 2.24. The van der Waals surface area contributed by atoms with E-state index in [-0.39, 0.29) is 17.0 Å². The monoisotopic (exact) mass is 255 g/mol. The van der Waals surface area contributed by atoms with E-state index in [4.69, 9.17) is 11.5 Å².